The molecule has 4 nitrogen and oxygen atoms in total. The Labute approximate surface area is 136 Å². The van der Waals surface area contributed by atoms with Crippen molar-refractivity contribution in [3.05, 3.63) is 24.3 Å². The Morgan fingerprint density at radius 1 is 1.32 bits per heavy atom. The van der Waals surface area contributed by atoms with E-state index < -0.39 is 0 Å². The number of fused-ring (bicyclic) bond motifs is 1. The minimum Gasteiger partial charge on any atom is -0.352 e. The van der Waals surface area contributed by atoms with E-state index in [4.69, 9.17) is 0 Å². The first kappa shape index (κ1) is 16.9. The molecule has 5 heteroatoms. The smallest absolute Gasteiger partial charge is 0.240 e. The summed E-state index contributed by atoms with van der Waals surface area (Å²) in [6, 6.07) is 8.16. The van der Waals surface area contributed by atoms with Crippen molar-refractivity contribution in [3.8, 4) is 0 Å². The zero-order chi connectivity index (χ0) is 15.9. The molecule has 1 heterocycles. The highest BCUT2D eigenvalue weighted by Crippen LogP contribution is 2.25. The number of nitrogens with one attached hydrogen (secondary N) is 1. The van der Waals surface area contributed by atoms with E-state index in [9.17, 15) is 4.79 Å². The first-order valence-corrected chi connectivity index (χ1v) is 8.97. The van der Waals surface area contributed by atoms with Gasteiger partial charge in [0.2, 0.25) is 5.91 Å². The third-order valence-electron chi connectivity index (χ3n) is 3.35. The Bertz CT molecular complexity index is 621. The van der Waals surface area contributed by atoms with Crippen molar-refractivity contribution in [2.75, 3.05) is 5.75 Å². The van der Waals surface area contributed by atoms with Gasteiger partial charge in [-0.15, -0.1) is 0 Å². The first-order valence-electron chi connectivity index (χ1n) is 7.99. The van der Waals surface area contributed by atoms with Crippen molar-refractivity contribution in [1.29, 1.82) is 0 Å². The molecule has 0 aliphatic heterocycles. The number of hydrogen-bond acceptors (Lipinski definition) is 3. The number of aromatic nitrogens is 2. The molecule has 1 aromatic carbocycles. The van der Waals surface area contributed by atoms with E-state index in [0.29, 0.717) is 6.54 Å². The Balaban J connectivity index is 2.18. The van der Waals surface area contributed by atoms with Crippen molar-refractivity contribution in [2.24, 2.45) is 0 Å². The fourth-order valence-electron chi connectivity index (χ4n) is 2.34. The molecular formula is C17H25N3OS. The maximum atomic E-state index is 12.1. The van der Waals surface area contributed by atoms with Crippen LogP contribution in [0.15, 0.2) is 29.4 Å². The van der Waals surface area contributed by atoms with Crippen LogP contribution < -0.4 is 5.32 Å². The zero-order valence-electron chi connectivity index (χ0n) is 13.6. The third kappa shape index (κ3) is 4.50. The molecule has 1 amide bonds. The van der Waals surface area contributed by atoms with Crippen LogP contribution in [-0.4, -0.2) is 27.3 Å². The second-order valence-corrected chi connectivity index (χ2v) is 6.81. The molecule has 2 rings (SSSR count). The van der Waals surface area contributed by atoms with Crippen LogP contribution in [0.2, 0.25) is 0 Å². The van der Waals surface area contributed by atoms with Gasteiger partial charge in [0, 0.05) is 11.8 Å². The predicted octanol–water partition coefficient (Wildman–Crippen LogP) is 3.84. The maximum absolute atomic E-state index is 12.1. The molecule has 0 spiro atoms. The number of benzene rings is 1. The lowest BCUT2D eigenvalue weighted by Gasteiger charge is -2.11. The first-order chi connectivity index (χ1) is 10.6. The van der Waals surface area contributed by atoms with E-state index in [1.807, 2.05) is 42.7 Å². The molecular weight excluding hydrogens is 294 g/mol. The van der Waals surface area contributed by atoms with Crippen molar-refractivity contribution < 1.29 is 4.79 Å². The standard InChI is InChI=1S/C17H25N3OS/c1-4-5-8-11-22-17-19-14-9-6-7-10-15(14)20(17)12-16(21)18-13(2)3/h6-7,9-10,13H,4-5,8,11-12H2,1-3H3,(H,18,21). The number of unbranched alkanes of at least 4 members (excludes halogenated alkanes) is 2. The summed E-state index contributed by atoms with van der Waals surface area (Å²) in [4.78, 5) is 16.8. The van der Waals surface area contributed by atoms with E-state index in [1.54, 1.807) is 11.8 Å². The normalized spacial score (nSPS) is 11.3. The molecule has 0 saturated heterocycles. The average molecular weight is 319 g/mol. The lowest BCUT2D eigenvalue weighted by molar-refractivity contribution is -0.122. The highest BCUT2D eigenvalue weighted by molar-refractivity contribution is 7.99. The molecule has 0 saturated carbocycles. The fourth-order valence-corrected chi connectivity index (χ4v) is 3.36. The van der Waals surface area contributed by atoms with Gasteiger partial charge in [-0.2, -0.15) is 0 Å². The summed E-state index contributed by atoms with van der Waals surface area (Å²) >= 11 is 1.75. The van der Waals surface area contributed by atoms with Crippen LogP contribution in [0.5, 0.6) is 0 Å². The third-order valence-corrected chi connectivity index (χ3v) is 4.41. The molecule has 0 atom stereocenters. The minimum absolute atomic E-state index is 0.0357. The number of carbonyl (C=O) groups is 1. The van der Waals surface area contributed by atoms with Gasteiger partial charge in [0.15, 0.2) is 5.16 Å². The van der Waals surface area contributed by atoms with Gasteiger partial charge in [-0.25, -0.2) is 4.98 Å². The minimum atomic E-state index is 0.0357. The summed E-state index contributed by atoms with van der Waals surface area (Å²) in [7, 11) is 0. The number of hydrogen-bond donors (Lipinski definition) is 1. The van der Waals surface area contributed by atoms with E-state index in [2.05, 4.69) is 17.2 Å². The van der Waals surface area contributed by atoms with Crippen molar-refractivity contribution in [3.63, 3.8) is 0 Å². The number of imidazole rings is 1. The quantitative estimate of drug-likeness (QED) is 0.594. The fraction of sp³-hybridized carbons (Fsp3) is 0.529. The average Bonchev–Trinajstić information content (AvgIpc) is 2.81. The molecule has 0 fully saturated rings. The Morgan fingerprint density at radius 3 is 2.82 bits per heavy atom. The number of rotatable bonds is 8. The second kappa shape index (κ2) is 8.22. The van der Waals surface area contributed by atoms with Crippen LogP contribution in [0.1, 0.15) is 40.0 Å². The van der Waals surface area contributed by atoms with Gasteiger partial charge in [0.05, 0.1) is 11.0 Å². The van der Waals surface area contributed by atoms with Crippen molar-refractivity contribution >= 4 is 28.7 Å². The summed E-state index contributed by atoms with van der Waals surface area (Å²) in [6.07, 6.45) is 3.64. The highest BCUT2D eigenvalue weighted by atomic mass is 32.2. The predicted molar refractivity (Wildman–Crippen MR) is 93.3 cm³/mol. The topological polar surface area (TPSA) is 46.9 Å². The Morgan fingerprint density at radius 2 is 2.09 bits per heavy atom. The summed E-state index contributed by atoms with van der Waals surface area (Å²) in [5.74, 6) is 1.08. The van der Waals surface area contributed by atoms with E-state index in [0.717, 1.165) is 21.9 Å². The van der Waals surface area contributed by atoms with E-state index >= 15 is 0 Å². The molecule has 1 N–H and O–H groups in total. The Kier molecular flexibility index (Phi) is 6.31. The number of thioether (sulfide) groups is 1. The Hall–Kier alpha value is -1.49. The van der Waals surface area contributed by atoms with Crippen LogP contribution >= 0.6 is 11.8 Å². The van der Waals surface area contributed by atoms with Crippen LogP contribution in [0.4, 0.5) is 0 Å². The summed E-state index contributed by atoms with van der Waals surface area (Å²) in [6.45, 7) is 6.49. The summed E-state index contributed by atoms with van der Waals surface area (Å²) < 4.78 is 2.03. The number of carbonyl (C=O) groups excluding carboxylic acids is 1. The van der Waals surface area contributed by atoms with Gasteiger partial charge in [-0.1, -0.05) is 43.7 Å². The second-order valence-electron chi connectivity index (χ2n) is 5.75. The molecule has 0 aliphatic carbocycles. The van der Waals surface area contributed by atoms with Gasteiger partial charge in [0.1, 0.15) is 6.54 Å². The highest BCUT2D eigenvalue weighted by Gasteiger charge is 2.14. The molecule has 0 unspecified atom stereocenters. The number of amides is 1. The van der Waals surface area contributed by atoms with E-state index in [1.165, 1.54) is 19.3 Å². The van der Waals surface area contributed by atoms with Crippen LogP contribution in [0.25, 0.3) is 11.0 Å². The van der Waals surface area contributed by atoms with Crippen LogP contribution in [0, 0.1) is 0 Å². The van der Waals surface area contributed by atoms with Crippen molar-refractivity contribution in [1.82, 2.24) is 14.9 Å². The van der Waals surface area contributed by atoms with Gasteiger partial charge >= 0.3 is 0 Å². The van der Waals surface area contributed by atoms with Crippen LogP contribution in [0.3, 0.4) is 0 Å². The lowest BCUT2D eigenvalue weighted by atomic mass is 10.3. The van der Waals surface area contributed by atoms with Gasteiger partial charge in [-0.3, -0.25) is 4.79 Å². The van der Waals surface area contributed by atoms with Gasteiger partial charge in [-0.05, 0) is 32.4 Å². The SMILES string of the molecule is CCCCCSc1nc2ccccc2n1CC(=O)NC(C)C. The zero-order valence-corrected chi connectivity index (χ0v) is 14.4. The summed E-state index contributed by atoms with van der Waals surface area (Å²) in [5, 5.41) is 3.89. The molecule has 120 valence electrons. The monoisotopic (exact) mass is 319 g/mol. The molecule has 0 aliphatic rings. The largest absolute Gasteiger partial charge is 0.352 e. The molecule has 0 radical (unpaired) electrons. The van der Waals surface area contributed by atoms with Gasteiger partial charge < -0.3 is 9.88 Å². The van der Waals surface area contributed by atoms with E-state index in [-0.39, 0.29) is 11.9 Å². The van der Waals surface area contributed by atoms with Crippen LogP contribution in [-0.2, 0) is 11.3 Å². The van der Waals surface area contributed by atoms with Gasteiger partial charge in [0.25, 0.3) is 0 Å². The lowest BCUT2D eigenvalue weighted by Crippen LogP contribution is -2.33. The molecule has 2 aromatic rings. The molecule has 1 aromatic heterocycles. The summed E-state index contributed by atoms with van der Waals surface area (Å²) in [5.41, 5.74) is 1.98. The number of nitrogens with zero attached hydrogens (tertiary/aromatic N) is 2. The molecule has 22 heavy (non-hydrogen) atoms. The van der Waals surface area contributed by atoms with Crippen molar-refractivity contribution in [2.45, 2.75) is 57.8 Å². The molecule has 0 bridgehead atoms. The number of para-hydroxylation sites is 2. The maximum Gasteiger partial charge on any atom is 0.240 e.